The lowest BCUT2D eigenvalue weighted by Crippen LogP contribution is -2.14. The molecule has 1 N–H and O–H groups in total. The predicted octanol–water partition coefficient (Wildman–Crippen LogP) is 3.79. The quantitative estimate of drug-likeness (QED) is 0.647. The zero-order chi connectivity index (χ0) is 16.7. The Bertz CT molecular complexity index is 683. The van der Waals surface area contributed by atoms with Gasteiger partial charge in [-0.1, -0.05) is 35.9 Å². The molecule has 2 aromatic carbocycles. The second-order valence-electron chi connectivity index (χ2n) is 5.15. The minimum Gasteiger partial charge on any atom is -0.427 e. The van der Waals surface area contributed by atoms with Crippen molar-refractivity contribution < 1.29 is 14.3 Å². The van der Waals surface area contributed by atoms with Gasteiger partial charge in [0.05, 0.1) is 5.75 Å². The molecule has 0 saturated heterocycles. The van der Waals surface area contributed by atoms with Crippen molar-refractivity contribution in [3.63, 3.8) is 0 Å². The first kappa shape index (κ1) is 17.1. The summed E-state index contributed by atoms with van der Waals surface area (Å²) in [4.78, 5) is 22.9. The number of aryl methyl sites for hydroxylation is 1. The third-order valence-corrected chi connectivity index (χ3v) is 4.01. The molecule has 0 spiro atoms. The van der Waals surface area contributed by atoms with Gasteiger partial charge in [-0.15, -0.1) is 11.8 Å². The van der Waals surface area contributed by atoms with Gasteiger partial charge in [0.15, 0.2) is 0 Å². The van der Waals surface area contributed by atoms with Crippen molar-refractivity contribution in [2.75, 3.05) is 11.1 Å². The second kappa shape index (κ2) is 8.39. The van der Waals surface area contributed by atoms with Crippen molar-refractivity contribution in [1.29, 1.82) is 0 Å². The SMILES string of the molecule is CC(=O)Oc1cccc(NC(=O)CSCc2ccc(C)cc2)c1. The van der Waals surface area contributed by atoms with Crippen LogP contribution in [0.1, 0.15) is 18.1 Å². The molecule has 0 atom stereocenters. The van der Waals surface area contributed by atoms with Crippen LogP contribution in [0.2, 0.25) is 0 Å². The largest absolute Gasteiger partial charge is 0.427 e. The van der Waals surface area contributed by atoms with Gasteiger partial charge in [-0.05, 0) is 24.6 Å². The van der Waals surface area contributed by atoms with Crippen LogP contribution in [0, 0.1) is 6.92 Å². The van der Waals surface area contributed by atoms with Crippen molar-refractivity contribution in [2.45, 2.75) is 19.6 Å². The maximum absolute atomic E-state index is 12.0. The zero-order valence-corrected chi connectivity index (χ0v) is 14.0. The van der Waals surface area contributed by atoms with Gasteiger partial charge in [-0.3, -0.25) is 9.59 Å². The number of carbonyl (C=O) groups excluding carboxylic acids is 2. The molecule has 2 rings (SSSR count). The van der Waals surface area contributed by atoms with E-state index in [1.165, 1.54) is 18.1 Å². The molecule has 0 fully saturated rings. The van der Waals surface area contributed by atoms with Gasteiger partial charge in [-0.25, -0.2) is 0 Å². The molecule has 1 amide bonds. The standard InChI is InChI=1S/C18H19NO3S/c1-13-6-8-15(9-7-13)11-23-12-18(21)19-16-4-3-5-17(10-16)22-14(2)20/h3-10H,11-12H2,1-2H3,(H,19,21). The molecule has 4 nitrogen and oxygen atoms in total. The molecule has 5 heteroatoms. The van der Waals surface area contributed by atoms with Gasteiger partial charge in [0.2, 0.25) is 5.91 Å². The molecule has 23 heavy (non-hydrogen) atoms. The molecule has 0 aliphatic carbocycles. The molecular weight excluding hydrogens is 310 g/mol. The fourth-order valence-electron chi connectivity index (χ4n) is 1.95. The van der Waals surface area contributed by atoms with Crippen LogP contribution < -0.4 is 10.1 Å². The Morgan fingerprint density at radius 2 is 1.87 bits per heavy atom. The molecule has 0 bridgehead atoms. The lowest BCUT2D eigenvalue weighted by atomic mass is 10.2. The number of rotatable bonds is 6. The Morgan fingerprint density at radius 3 is 2.57 bits per heavy atom. The van der Waals surface area contributed by atoms with E-state index in [4.69, 9.17) is 4.74 Å². The summed E-state index contributed by atoms with van der Waals surface area (Å²) < 4.78 is 4.99. The fourth-order valence-corrected chi connectivity index (χ4v) is 2.73. The van der Waals surface area contributed by atoms with E-state index in [-0.39, 0.29) is 11.9 Å². The molecule has 120 valence electrons. The van der Waals surface area contributed by atoms with Crippen LogP contribution in [0.3, 0.4) is 0 Å². The smallest absolute Gasteiger partial charge is 0.308 e. The van der Waals surface area contributed by atoms with Crippen LogP contribution in [-0.2, 0) is 15.3 Å². The van der Waals surface area contributed by atoms with E-state index in [0.29, 0.717) is 17.2 Å². The van der Waals surface area contributed by atoms with Crippen molar-refractivity contribution in [2.24, 2.45) is 0 Å². The Hall–Kier alpha value is -2.27. The van der Waals surface area contributed by atoms with Gasteiger partial charge >= 0.3 is 5.97 Å². The fraction of sp³-hybridized carbons (Fsp3) is 0.222. The molecule has 2 aromatic rings. The third kappa shape index (κ3) is 6.16. The summed E-state index contributed by atoms with van der Waals surface area (Å²) in [6, 6.07) is 15.1. The highest BCUT2D eigenvalue weighted by atomic mass is 32.2. The van der Waals surface area contributed by atoms with E-state index >= 15 is 0 Å². The van der Waals surface area contributed by atoms with Crippen molar-refractivity contribution in [1.82, 2.24) is 0 Å². The van der Waals surface area contributed by atoms with Crippen LogP contribution in [0.5, 0.6) is 5.75 Å². The predicted molar refractivity (Wildman–Crippen MR) is 93.7 cm³/mol. The maximum atomic E-state index is 12.0. The Balaban J connectivity index is 1.80. The van der Waals surface area contributed by atoms with Crippen molar-refractivity contribution in [3.8, 4) is 5.75 Å². The third-order valence-electron chi connectivity index (χ3n) is 3.00. The van der Waals surface area contributed by atoms with E-state index < -0.39 is 0 Å². The number of amides is 1. The Labute approximate surface area is 140 Å². The Kier molecular flexibility index (Phi) is 6.23. The minimum absolute atomic E-state index is 0.0814. The van der Waals surface area contributed by atoms with Gasteiger partial charge in [0.1, 0.15) is 5.75 Å². The molecule has 0 aliphatic rings. The van der Waals surface area contributed by atoms with Crippen LogP contribution in [0.15, 0.2) is 48.5 Å². The average molecular weight is 329 g/mol. The van der Waals surface area contributed by atoms with Crippen LogP contribution in [0.4, 0.5) is 5.69 Å². The topological polar surface area (TPSA) is 55.4 Å². The molecule has 0 aliphatic heterocycles. The second-order valence-corrected chi connectivity index (χ2v) is 6.13. The summed E-state index contributed by atoms with van der Waals surface area (Å²) in [5.74, 6) is 1.11. The number of hydrogen-bond donors (Lipinski definition) is 1. The van der Waals surface area contributed by atoms with Gasteiger partial charge < -0.3 is 10.1 Å². The average Bonchev–Trinajstić information content (AvgIpc) is 2.49. The van der Waals surface area contributed by atoms with Gasteiger partial charge in [-0.2, -0.15) is 0 Å². The van der Waals surface area contributed by atoms with Crippen LogP contribution in [-0.4, -0.2) is 17.6 Å². The highest BCUT2D eigenvalue weighted by Gasteiger charge is 2.05. The highest BCUT2D eigenvalue weighted by molar-refractivity contribution is 7.99. The van der Waals surface area contributed by atoms with E-state index in [9.17, 15) is 9.59 Å². The summed E-state index contributed by atoms with van der Waals surface area (Å²) in [5.41, 5.74) is 3.04. The molecule has 0 radical (unpaired) electrons. The molecular formula is C18H19NO3S. The van der Waals surface area contributed by atoms with Crippen molar-refractivity contribution in [3.05, 3.63) is 59.7 Å². The summed E-state index contributed by atoms with van der Waals surface area (Å²) in [7, 11) is 0. The summed E-state index contributed by atoms with van der Waals surface area (Å²) in [6.45, 7) is 3.39. The lowest BCUT2D eigenvalue weighted by Gasteiger charge is -2.07. The summed E-state index contributed by atoms with van der Waals surface area (Å²) in [5, 5.41) is 2.80. The number of esters is 1. The first-order chi connectivity index (χ1) is 11.0. The molecule has 0 heterocycles. The lowest BCUT2D eigenvalue weighted by molar-refractivity contribution is -0.131. The van der Waals surface area contributed by atoms with Crippen molar-refractivity contribution >= 4 is 29.3 Å². The Morgan fingerprint density at radius 1 is 1.13 bits per heavy atom. The maximum Gasteiger partial charge on any atom is 0.308 e. The molecule has 0 saturated carbocycles. The number of carbonyl (C=O) groups is 2. The number of benzene rings is 2. The number of hydrogen-bond acceptors (Lipinski definition) is 4. The summed E-state index contributed by atoms with van der Waals surface area (Å²) >= 11 is 1.56. The number of anilines is 1. The molecule has 0 aromatic heterocycles. The summed E-state index contributed by atoms with van der Waals surface area (Å²) in [6.07, 6.45) is 0. The zero-order valence-electron chi connectivity index (χ0n) is 13.2. The van der Waals surface area contributed by atoms with Gasteiger partial charge in [0, 0.05) is 24.4 Å². The van der Waals surface area contributed by atoms with E-state index in [2.05, 4.69) is 29.6 Å². The first-order valence-corrected chi connectivity index (χ1v) is 8.40. The number of thioether (sulfide) groups is 1. The van der Waals surface area contributed by atoms with E-state index in [1.807, 2.05) is 6.92 Å². The number of ether oxygens (including phenoxy) is 1. The highest BCUT2D eigenvalue weighted by Crippen LogP contribution is 2.18. The van der Waals surface area contributed by atoms with E-state index in [1.54, 1.807) is 36.0 Å². The normalized spacial score (nSPS) is 10.2. The first-order valence-electron chi connectivity index (χ1n) is 7.24. The minimum atomic E-state index is -0.387. The molecule has 0 unspecified atom stereocenters. The number of nitrogens with one attached hydrogen (secondary N) is 1. The van der Waals surface area contributed by atoms with Crippen LogP contribution in [0.25, 0.3) is 0 Å². The van der Waals surface area contributed by atoms with E-state index in [0.717, 1.165) is 5.75 Å². The van der Waals surface area contributed by atoms with Gasteiger partial charge in [0.25, 0.3) is 0 Å². The van der Waals surface area contributed by atoms with Crippen LogP contribution >= 0.6 is 11.8 Å². The monoisotopic (exact) mass is 329 g/mol.